The molecule has 26 heavy (non-hydrogen) atoms. The first-order chi connectivity index (χ1) is 12.6. The Balaban J connectivity index is 1.64. The third-order valence-corrected chi connectivity index (χ3v) is 5.79. The van der Waals surface area contributed by atoms with Crippen LogP contribution in [0.3, 0.4) is 0 Å². The molecule has 2 aromatic carbocycles. The summed E-state index contributed by atoms with van der Waals surface area (Å²) in [5.74, 6) is 1.81. The van der Waals surface area contributed by atoms with E-state index in [0.29, 0.717) is 12.2 Å². The zero-order valence-electron chi connectivity index (χ0n) is 15.6. The Labute approximate surface area is 154 Å². The first-order valence-corrected chi connectivity index (χ1v) is 9.19. The van der Waals surface area contributed by atoms with E-state index in [-0.39, 0.29) is 12.0 Å². The second-order valence-corrected chi connectivity index (χ2v) is 7.30. The number of rotatable bonds is 3. The molecule has 136 valence electrons. The average Bonchev–Trinajstić information content (AvgIpc) is 2.67. The molecule has 1 saturated heterocycles. The summed E-state index contributed by atoms with van der Waals surface area (Å²) >= 11 is 0. The number of benzene rings is 2. The van der Waals surface area contributed by atoms with Gasteiger partial charge >= 0.3 is 0 Å². The second-order valence-electron chi connectivity index (χ2n) is 7.30. The maximum absolute atomic E-state index is 12.9. The van der Waals surface area contributed by atoms with E-state index in [9.17, 15) is 4.79 Å². The molecule has 0 aliphatic carbocycles. The monoisotopic (exact) mass is 351 g/mol. The molecule has 2 atom stereocenters. The van der Waals surface area contributed by atoms with E-state index in [0.717, 1.165) is 36.6 Å². The number of aryl methyl sites for hydroxylation is 1. The molecule has 4 rings (SSSR count). The number of ketones is 1. The number of piperidine rings is 1. The fourth-order valence-corrected chi connectivity index (χ4v) is 4.30. The van der Waals surface area contributed by atoms with E-state index in [1.54, 1.807) is 14.2 Å². The van der Waals surface area contributed by atoms with Crippen molar-refractivity contribution in [3.63, 3.8) is 0 Å². The maximum atomic E-state index is 12.9. The summed E-state index contributed by atoms with van der Waals surface area (Å²) in [7, 11) is 3.32. The van der Waals surface area contributed by atoms with Crippen molar-refractivity contribution in [2.24, 2.45) is 0 Å². The third kappa shape index (κ3) is 2.88. The average molecular weight is 351 g/mol. The van der Waals surface area contributed by atoms with Gasteiger partial charge in [-0.2, -0.15) is 0 Å². The zero-order chi connectivity index (χ0) is 18.3. The quantitative estimate of drug-likeness (QED) is 0.846. The Bertz CT molecular complexity index is 828. The van der Waals surface area contributed by atoms with Gasteiger partial charge in [-0.15, -0.1) is 0 Å². The molecule has 0 spiro atoms. The Morgan fingerprint density at radius 2 is 1.73 bits per heavy atom. The molecule has 0 bridgehead atoms. The van der Waals surface area contributed by atoms with Gasteiger partial charge < -0.3 is 9.47 Å². The summed E-state index contributed by atoms with van der Waals surface area (Å²) in [4.78, 5) is 15.4. The van der Waals surface area contributed by atoms with Gasteiger partial charge in [-0.1, -0.05) is 29.8 Å². The van der Waals surface area contributed by atoms with E-state index < -0.39 is 0 Å². The number of Topliss-reactive ketones (excluding diaryl/α,β-unsaturated/α-hetero) is 1. The smallest absolute Gasteiger partial charge is 0.161 e. The molecule has 0 saturated carbocycles. The highest BCUT2D eigenvalue weighted by atomic mass is 16.5. The highest BCUT2D eigenvalue weighted by Crippen LogP contribution is 2.43. The fourth-order valence-electron chi connectivity index (χ4n) is 4.30. The number of fused-ring (bicyclic) bond motifs is 3. The van der Waals surface area contributed by atoms with Gasteiger partial charge in [-0.05, 0) is 42.2 Å². The van der Waals surface area contributed by atoms with E-state index in [1.165, 1.54) is 16.7 Å². The molecule has 0 aromatic heterocycles. The molecule has 4 heteroatoms. The lowest BCUT2D eigenvalue weighted by molar-refractivity contribution is -0.125. The highest BCUT2D eigenvalue weighted by Gasteiger charge is 2.39. The summed E-state index contributed by atoms with van der Waals surface area (Å²) in [6.45, 7) is 3.84. The highest BCUT2D eigenvalue weighted by molar-refractivity contribution is 5.87. The maximum Gasteiger partial charge on any atom is 0.161 e. The first-order valence-electron chi connectivity index (χ1n) is 9.19. The third-order valence-electron chi connectivity index (χ3n) is 5.79. The van der Waals surface area contributed by atoms with Crippen molar-refractivity contribution in [2.75, 3.05) is 27.3 Å². The number of nitrogens with zero attached hydrogens (tertiary/aromatic N) is 1. The van der Waals surface area contributed by atoms with Crippen molar-refractivity contribution >= 4 is 5.78 Å². The Hall–Kier alpha value is -2.33. The van der Waals surface area contributed by atoms with Gasteiger partial charge in [0, 0.05) is 25.6 Å². The van der Waals surface area contributed by atoms with Crippen LogP contribution in [-0.2, 0) is 11.2 Å². The summed E-state index contributed by atoms with van der Waals surface area (Å²) in [6.07, 6.45) is 1.53. The Morgan fingerprint density at radius 1 is 1.04 bits per heavy atom. The van der Waals surface area contributed by atoms with Gasteiger partial charge in [0.15, 0.2) is 11.5 Å². The second kappa shape index (κ2) is 6.76. The van der Waals surface area contributed by atoms with Gasteiger partial charge in [-0.25, -0.2) is 0 Å². The van der Waals surface area contributed by atoms with E-state index in [1.807, 2.05) is 0 Å². The van der Waals surface area contributed by atoms with Crippen LogP contribution < -0.4 is 9.47 Å². The number of ether oxygens (including phenoxy) is 2. The number of hydrogen-bond acceptors (Lipinski definition) is 4. The largest absolute Gasteiger partial charge is 0.493 e. The van der Waals surface area contributed by atoms with Crippen molar-refractivity contribution in [2.45, 2.75) is 31.7 Å². The van der Waals surface area contributed by atoms with Crippen LogP contribution in [0.5, 0.6) is 11.5 Å². The Morgan fingerprint density at radius 3 is 2.42 bits per heavy atom. The number of hydrogen-bond donors (Lipinski definition) is 0. The number of methoxy groups -OCH3 is 2. The predicted octanol–water partition coefficient (Wildman–Crippen LogP) is 3.67. The van der Waals surface area contributed by atoms with Crippen molar-refractivity contribution in [3.8, 4) is 11.5 Å². The molecule has 2 heterocycles. The number of carbonyl (C=O) groups is 1. The summed E-state index contributed by atoms with van der Waals surface area (Å²) < 4.78 is 10.9. The summed E-state index contributed by atoms with van der Waals surface area (Å²) in [6, 6.07) is 12.7. The van der Waals surface area contributed by atoms with Crippen molar-refractivity contribution in [3.05, 3.63) is 58.7 Å². The topological polar surface area (TPSA) is 38.8 Å². The van der Waals surface area contributed by atoms with E-state index in [4.69, 9.17) is 9.47 Å². The minimum atomic E-state index is -0.0199. The molecule has 2 aromatic rings. The minimum Gasteiger partial charge on any atom is -0.493 e. The molecule has 4 nitrogen and oxygen atoms in total. The van der Waals surface area contributed by atoms with Gasteiger partial charge in [0.2, 0.25) is 0 Å². The first kappa shape index (κ1) is 17.1. The zero-order valence-corrected chi connectivity index (χ0v) is 15.6. The van der Waals surface area contributed by atoms with Crippen LogP contribution in [0.1, 0.15) is 40.6 Å². The van der Waals surface area contributed by atoms with Crippen LogP contribution in [0.25, 0.3) is 0 Å². The van der Waals surface area contributed by atoms with Crippen molar-refractivity contribution < 1.29 is 14.3 Å². The molecular weight excluding hydrogens is 326 g/mol. The molecule has 2 unspecified atom stereocenters. The van der Waals surface area contributed by atoms with E-state index in [2.05, 4.69) is 48.2 Å². The lowest BCUT2D eigenvalue weighted by atomic mass is 9.80. The molecule has 0 radical (unpaired) electrons. The Kier molecular flexibility index (Phi) is 4.45. The SMILES string of the molecule is COc1cc2c(cc1OC)C1CC(=O)C(c3ccc(C)cc3)CN1CC2. The van der Waals surface area contributed by atoms with Crippen LogP contribution >= 0.6 is 0 Å². The van der Waals surface area contributed by atoms with Crippen LogP contribution in [-0.4, -0.2) is 38.0 Å². The fraction of sp³-hybridized carbons (Fsp3) is 0.409. The van der Waals surface area contributed by atoms with E-state index >= 15 is 0 Å². The lowest BCUT2D eigenvalue weighted by Gasteiger charge is -2.43. The van der Waals surface area contributed by atoms with Crippen LogP contribution in [0, 0.1) is 6.92 Å². The molecule has 1 fully saturated rings. The van der Waals surface area contributed by atoms with Crippen LogP contribution in [0.4, 0.5) is 0 Å². The van der Waals surface area contributed by atoms with Crippen molar-refractivity contribution in [1.82, 2.24) is 4.90 Å². The molecule has 0 amide bonds. The van der Waals surface area contributed by atoms with Gasteiger partial charge in [0.1, 0.15) is 5.78 Å². The molecule has 0 N–H and O–H groups in total. The van der Waals surface area contributed by atoms with Crippen LogP contribution in [0.15, 0.2) is 36.4 Å². The van der Waals surface area contributed by atoms with Gasteiger partial charge in [0.25, 0.3) is 0 Å². The molecule has 2 aliphatic heterocycles. The predicted molar refractivity (Wildman–Crippen MR) is 101 cm³/mol. The standard InChI is InChI=1S/C22H25NO3/c1-14-4-6-15(7-5-14)18-13-23-9-8-16-10-21(25-2)22(26-3)11-17(16)19(23)12-20(18)24/h4-7,10-11,18-19H,8-9,12-13H2,1-3H3. The van der Waals surface area contributed by atoms with Crippen LogP contribution in [0.2, 0.25) is 0 Å². The van der Waals surface area contributed by atoms with Gasteiger partial charge in [-0.3, -0.25) is 9.69 Å². The molecule has 2 aliphatic rings. The molecular formula is C22H25NO3. The summed E-state index contributed by atoms with van der Waals surface area (Å²) in [5, 5.41) is 0. The number of carbonyl (C=O) groups excluding carboxylic acids is 1. The minimum absolute atomic E-state index is 0.0199. The van der Waals surface area contributed by atoms with Crippen molar-refractivity contribution in [1.29, 1.82) is 0 Å². The summed E-state index contributed by atoms with van der Waals surface area (Å²) in [5.41, 5.74) is 4.84. The normalized spacial score (nSPS) is 22.5. The lowest BCUT2D eigenvalue weighted by Crippen LogP contribution is -2.45. The van der Waals surface area contributed by atoms with Gasteiger partial charge in [0.05, 0.1) is 20.1 Å².